The Bertz CT molecular complexity index is 385. The molecule has 0 aromatic rings. The van der Waals surface area contributed by atoms with E-state index in [1.54, 1.807) is 0 Å². The predicted molar refractivity (Wildman–Crippen MR) is 54.7 cm³/mol. The molecule has 0 saturated carbocycles. The Labute approximate surface area is 91.7 Å². The first-order valence-corrected chi connectivity index (χ1v) is 4.68. The van der Waals surface area contributed by atoms with Crippen molar-refractivity contribution < 1.29 is 24.9 Å². The summed E-state index contributed by atoms with van der Waals surface area (Å²) in [6, 6.07) is 0. The van der Waals surface area contributed by atoms with E-state index in [9.17, 15) is 14.7 Å². The van der Waals surface area contributed by atoms with Gasteiger partial charge in [-0.1, -0.05) is 6.08 Å². The van der Waals surface area contributed by atoms with Gasteiger partial charge in [-0.3, -0.25) is 4.79 Å². The van der Waals surface area contributed by atoms with Crippen molar-refractivity contribution in [2.24, 2.45) is 5.73 Å². The molecule has 0 aliphatic heterocycles. The van der Waals surface area contributed by atoms with Crippen LogP contribution in [0.2, 0.25) is 0 Å². The number of aliphatic carboxylic acids is 1. The number of carbonyl (C=O) groups is 2. The van der Waals surface area contributed by atoms with E-state index >= 15 is 0 Å². The number of aliphatic hydroxyl groups is 2. The minimum atomic E-state index is -2.21. The molecule has 1 aliphatic carbocycles. The monoisotopic (exact) mass is 227 g/mol. The number of ketones is 1. The third-order valence-corrected chi connectivity index (χ3v) is 2.47. The summed E-state index contributed by atoms with van der Waals surface area (Å²) in [4.78, 5) is 21.7. The molecule has 0 bridgehead atoms. The molecule has 0 spiro atoms. The lowest BCUT2D eigenvalue weighted by molar-refractivity contribution is -0.144. The van der Waals surface area contributed by atoms with E-state index in [4.69, 9.17) is 15.9 Å². The van der Waals surface area contributed by atoms with E-state index in [1.807, 2.05) is 0 Å². The number of carboxylic acid groups (broad SMARTS) is 1. The highest BCUT2D eigenvalue weighted by atomic mass is 16.4. The normalized spacial score (nSPS) is 22.8. The lowest BCUT2D eigenvalue weighted by atomic mass is 9.91. The fourth-order valence-electron chi connectivity index (χ4n) is 1.35. The van der Waals surface area contributed by atoms with E-state index in [0.717, 1.165) is 0 Å². The molecule has 0 saturated heterocycles. The summed E-state index contributed by atoms with van der Waals surface area (Å²) >= 11 is 0. The molecular formula is C10H13NO5. The quantitative estimate of drug-likeness (QED) is 0.482. The van der Waals surface area contributed by atoms with Crippen LogP contribution in [0.15, 0.2) is 23.5 Å². The molecule has 0 radical (unpaired) electrons. The molecule has 5 N–H and O–H groups in total. The molecule has 88 valence electrons. The molecule has 0 aromatic carbocycles. The van der Waals surface area contributed by atoms with Crippen LogP contribution in [0.1, 0.15) is 12.8 Å². The van der Waals surface area contributed by atoms with Gasteiger partial charge in [-0.25, -0.2) is 4.79 Å². The van der Waals surface area contributed by atoms with E-state index in [0.29, 0.717) is 0 Å². The van der Waals surface area contributed by atoms with Crippen LogP contribution in [-0.4, -0.2) is 39.2 Å². The largest absolute Gasteiger partial charge is 0.509 e. The van der Waals surface area contributed by atoms with E-state index in [1.165, 1.54) is 12.2 Å². The zero-order valence-corrected chi connectivity index (χ0v) is 8.51. The van der Waals surface area contributed by atoms with Crippen LogP contribution in [-0.2, 0) is 9.59 Å². The predicted octanol–water partition coefficient (Wildman–Crippen LogP) is -0.508. The Kier molecular flexibility index (Phi) is 3.46. The number of carboxylic acids is 1. The first kappa shape index (κ1) is 12.4. The average Bonchev–Trinajstić information content (AvgIpc) is 2.27. The van der Waals surface area contributed by atoms with Gasteiger partial charge in [0, 0.05) is 6.42 Å². The van der Waals surface area contributed by atoms with Gasteiger partial charge in [-0.15, -0.1) is 0 Å². The first-order chi connectivity index (χ1) is 7.41. The number of rotatable bonds is 3. The van der Waals surface area contributed by atoms with Crippen LogP contribution >= 0.6 is 0 Å². The highest BCUT2D eigenvalue weighted by molar-refractivity contribution is 5.92. The van der Waals surface area contributed by atoms with Crippen molar-refractivity contribution in [3.8, 4) is 0 Å². The Morgan fingerprint density at radius 3 is 2.38 bits per heavy atom. The van der Waals surface area contributed by atoms with Crippen molar-refractivity contribution in [3.63, 3.8) is 0 Å². The maximum atomic E-state index is 10.9. The fraction of sp³-hybridized carbons (Fsp3) is 0.400. The Hall–Kier alpha value is -1.66. The zero-order chi connectivity index (χ0) is 12.3. The van der Waals surface area contributed by atoms with Gasteiger partial charge in [0.15, 0.2) is 11.3 Å². The number of hydrogen-bond acceptors (Lipinski definition) is 5. The minimum absolute atomic E-state index is 0.0986. The third kappa shape index (κ3) is 2.12. The summed E-state index contributed by atoms with van der Waals surface area (Å²) in [7, 11) is 0. The zero-order valence-electron chi connectivity index (χ0n) is 8.51. The summed E-state index contributed by atoms with van der Waals surface area (Å²) in [6.45, 7) is -0.917. The maximum Gasteiger partial charge on any atom is 0.334 e. The molecule has 6 nitrogen and oxygen atoms in total. The number of allylic oxidation sites excluding steroid dienone is 3. The van der Waals surface area contributed by atoms with Gasteiger partial charge in [-0.05, 0) is 18.1 Å². The summed E-state index contributed by atoms with van der Waals surface area (Å²) in [5.74, 6) is -2.23. The Morgan fingerprint density at radius 1 is 1.38 bits per heavy atom. The highest BCUT2D eigenvalue weighted by Crippen LogP contribution is 2.23. The van der Waals surface area contributed by atoms with Gasteiger partial charge >= 0.3 is 5.97 Å². The van der Waals surface area contributed by atoms with Gasteiger partial charge in [0.2, 0.25) is 0 Å². The fourth-order valence-corrected chi connectivity index (χ4v) is 1.35. The van der Waals surface area contributed by atoms with E-state index < -0.39 is 23.9 Å². The van der Waals surface area contributed by atoms with Crippen molar-refractivity contribution in [1.82, 2.24) is 0 Å². The lowest BCUT2D eigenvalue weighted by Gasteiger charge is -2.24. The third-order valence-electron chi connectivity index (χ3n) is 2.47. The smallest absolute Gasteiger partial charge is 0.334 e. The molecule has 0 fully saturated rings. The van der Waals surface area contributed by atoms with Crippen LogP contribution in [0.5, 0.6) is 0 Å². The Morgan fingerprint density at radius 2 is 2.00 bits per heavy atom. The maximum absolute atomic E-state index is 10.9. The van der Waals surface area contributed by atoms with E-state index in [2.05, 4.69) is 0 Å². The summed E-state index contributed by atoms with van der Waals surface area (Å²) in [5.41, 5.74) is 3.43. The molecule has 16 heavy (non-hydrogen) atoms. The second kappa shape index (κ2) is 4.46. The van der Waals surface area contributed by atoms with Crippen LogP contribution in [0, 0.1) is 0 Å². The number of nitrogens with two attached hydrogens (primary N) is 1. The van der Waals surface area contributed by atoms with E-state index in [-0.39, 0.29) is 24.2 Å². The molecule has 6 heteroatoms. The van der Waals surface area contributed by atoms with Gasteiger partial charge < -0.3 is 21.1 Å². The topological polar surface area (TPSA) is 121 Å². The standard InChI is InChI=1S/C10H13NO5/c11-10(5-12,9(15)16)8(14)6-1-3-7(13)4-2-6/h1,3,12,14H,2,4-5,11H2,(H,15,16)/b8-6-. The molecule has 0 aromatic heterocycles. The summed E-state index contributed by atoms with van der Waals surface area (Å²) < 4.78 is 0. The SMILES string of the molecule is NC(CO)(C(=O)O)/C(O)=C1\C=CC(=O)CC1. The molecule has 1 unspecified atom stereocenters. The highest BCUT2D eigenvalue weighted by Gasteiger charge is 2.39. The van der Waals surface area contributed by atoms with Crippen molar-refractivity contribution in [2.75, 3.05) is 6.61 Å². The van der Waals surface area contributed by atoms with Gasteiger partial charge in [0.05, 0.1) is 6.61 Å². The second-order valence-electron chi connectivity index (χ2n) is 3.61. The number of hydrogen-bond donors (Lipinski definition) is 4. The van der Waals surface area contributed by atoms with Crippen LogP contribution in [0.3, 0.4) is 0 Å². The molecule has 1 rings (SSSR count). The molecule has 1 aliphatic rings. The molecular weight excluding hydrogens is 214 g/mol. The van der Waals surface area contributed by atoms with Crippen LogP contribution < -0.4 is 5.73 Å². The summed E-state index contributed by atoms with van der Waals surface area (Å²) in [6.07, 6.45) is 2.97. The lowest BCUT2D eigenvalue weighted by Crippen LogP contribution is -2.53. The van der Waals surface area contributed by atoms with Crippen LogP contribution in [0.25, 0.3) is 0 Å². The van der Waals surface area contributed by atoms with Crippen molar-refractivity contribution in [1.29, 1.82) is 0 Å². The van der Waals surface area contributed by atoms with Crippen LogP contribution in [0.4, 0.5) is 0 Å². The van der Waals surface area contributed by atoms with Gasteiger partial charge in [-0.2, -0.15) is 0 Å². The first-order valence-electron chi connectivity index (χ1n) is 4.68. The molecule has 0 amide bonds. The summed E-state index contributed by atoms with van der Waals surface area (Å²) in [5, 5.41) is 27.4. The van der Waals surface area contributed by atoms with Crippen molar-refractivity contribution >= 4 is 11.8 Å². The number of aliphatic hydroxyl groups excluding tert-OH is 2. The minimum Gasteiger partial charge on any atom is -0.509 e. The van der Waals surface area contributed by atoms with Crippen molar-refractivity contribution in [3.05, 3.63) is 23.5 Å². The number of carbonyl (C=O) groups excluding carboxylic acids is 1. The Balaban J connectivity index is 3.12. The van der Waals surface area contributed by atoms with Gasteiger partial charge in [0.25, 0.3) is 0 Å². The molecule has 0 heterocycles. The molecule has 1 atom stereocenters. The van der Waals surface area contributed by atoms with Crippen molar-refractivity contribution in [2.45, 2.75) is 18.4 Å². The van der Waals surface area contributed by atoms with Gasteiger partial charge in [0.1, 0.15) is 5.76 Å². The second-order valence-corrected chi connectivity index (χ2v) is 3.61. The average molecular weight is 227 g/mol.